The molecule has 13 heavy (non-hydrogen) atoms. The van der Waals surface area contributed by atoms with E-state index in [1.807, 2.05) is 0 Å². The zero-order valence-corrected chi connectivity index (χ0v) is 7.23. The zero-order chi connectivity index (χ0) is 9.10. The summed E-state index contributed by atoms with van der Waals surface area (Å²) in [4.78, 5) is 3.98. The van der Waals surface area contributed by atoms with Crippen LogP contribution in [0, 0.1) is 0 Å². The van der Waals surface area contributed by atoms with Gasteiger partial charge in [-0.25, -0.2) is 4.98 Å². The fraction of sp³-hybridized carbons (Fsp3) is 0.625. The average molecular weight is 184 g/mol. The van der Waals surface area contributed by atoms with Gasteiger partial charge in [0.1, 0.15) is 6.10 Å². The Morgan fingerprint density at radius 1 is 1.54 bits per heavy atom. The molecular formula is C8H12N2O3. The van der Waals surface area contributed by atoms with Crippen LogP contribution in [0.2, 0.25) is 0 Å². The van der Waals surface area contributed by atoms with Gasteiger partial charge < -0.3 is 19.6 Å². The third-order valence-corrected chi connectivity index (χ3v) is 1.88. The first-order valence-corrected chi connectivity index (χ1v) is 4.24. The lowest BCUT2D eigenvalue weighted by Crippen LogP contribution is -2.21. The van der Waals surface area contributed by atoms with Crippen LogP contribution in [0.25, 0.3) is 0 Å². The molecule has 2 N–H and O–H groups in total. The van der Waals surface area contributed by atoms with Gasteiger partial charge in [-0.2, -0.15) is 0 Å². The highest BCUT2D eigenvalue weighted by Gasteiger charge is 2.20. The van der Waals surface area contributed by atoms with Crippen LogP contribution in [0.1, 0.15) is 17.8 Å². The highest BCUT2D eigenvalue weighted by Crippen LogP contribution is 2.20. The molecule has 1 fully saturated rings. The van der Waals surface area contributed by atoms with Crippen LogP contribution in [0.5, 0.6) is 0 Å². The molecule has 72 valence electrons. The molecule has 1 aromatic heterocycles. The minimum atomic E-state index is -0.124. The van der Waals surface area contributed by atoms with Crippen molar-refractivity contribution >= 4 is 0 Å². The van der Waals surface area contributed by atoms with Gasteiger partial charge in [0.25, 0.3) is 0 Å². The first-order chi connectivity index (χ1) is 6.40. The van der Waals surface area contributed by atoms with Crippen molar-refractivity contribution in [2.45, 2.75) is 12.6 Å². The van der Waals surface area contributed by atoms with E-state index in [1.54, 1.807) is 6.20 Å². The first kappa shape index (κ1) is 8.68. The van der Waals surface area contributed by atoms with Gasteiger partial charge in [0.05, 0.1) is 32.6 Å². The molecule has 1 atom stereocenters. The lowest BCUT2D eigenvalue weighted by atomic mass is 10.3. The maximum absolute atomic E-state index is 5.42. The second-order valence-corrected chi connectivity index (χ2v) is 2.79. The molecule has 0 bridgehead atoms. The monoisotopic (exact) mass is 184 g/mol. The summed E-state index contributed by atoms with van der Waals surface area (Å²) in [5.41, 5.74) is 5.36. The van der Waals surface area contributed by atoms with E-state index in [9.17, 15) is 0 Å². The summed E-state index contributed by atoms with van der Waals surface area (Å²) in [5, 5.41) is 0. The molecule has 0 aliphatic carbocycles. The minimum Gasteiger partial charge on any atom is -0.441 e. The van der Waals surface area contributed by atoms with Crippen molar-refractivity contribution in [1.29, 1.82) is 0 Å². The molecule has 0 amide bonds. The lowest BCUT2D eigenvalue weighted by Gasteiger charge is -2.20. The minimum absolute atomic E-state index is 0.124. The van der Waals surface area contributed by atoms with E-state index in [0.29, 0.717) is 38.0 Å². The summed E-state index contributed by atoms with van der Waals surface area (Å²) in [6.45, 7) is 2.09. The number of oxazole rings is 1. The van der Waals surface area contributed by atoms with Gasteiger partial charge in [-0.15, -0.1) is 0 Å². The Morgan fingerprint density at radius 3 is 3.08 bits per heavy atom. The molecule has 5 nitrogen and oxygen atoms in total. The van der Waals surface area contributed by atoms with E-state index in [0.717, 1.165) is 0 Å². The van der Waals surface area contributed by atoms with Crippen LogP contribution < -0.4 is 5.73 Å². The lowest BCUT2D eigenvalue weighted by molar-refractivity contribution is -0.0978. The van der Waals surface area contributed by atoms with Crippen molar-refractivity contribution in [3.8, 4) is 0 Å². The van der Waals surface area contributed by atoms with Crippen molar-refractivity contribution in [2.24, 2.45) is 5.73 Å². The fourth-order valence-corrected chi connectivity index (χ4v) is 1.22. The van der Waals surface area contributed by atoms with E-state index >= 15 is 0 Å². The van der Waals surface area contributed by atoms with Crippen LogP contribution in [0.15, 0.2) is 10.6 Å². The highest BCUT2D eigenvalue weighted by atomic mass is 16.6. The van der Waals surface area contributed by atoms with Crippen LogP contribution in [0.4, 0.5) is 0 Å². The summed E-state index contributed by atoms with van der Waals surface area (Å²) in [5.74, 6) is 1.23. The van der Waals surface area contributed by atoms with Gasteiger partial charge in [-0.1, -0.05) is 0 Å². The zero-order valence-electron chi connectivity index (χ0n) is 7.23. The molecule has 2 rings (SSSR count). The Kier molecular flexibility index (Phi) is 2.58. The number of aromatic nitrogens is 1. The Morgan fingerprint density at radius 2 is 2.46 bits per heavy atom. The van der Waals surface area contributed by atoms with Crippen molar-refractivity contribution in [3.05, 3.63) is 17.8 Å². The van der Waals surface area contributed by atoms with Crippen molar-refractivity contribution < 1.29 is 13.9 Å². The molecule has 0 radical (unpaired) electrons. The molecular weight excluding hydrogens is 172 g/mol. The number of nitrogens with zero attached hydrogens (tertiary/aromatic N) is 1. The number of hydrogen-bond donors (Lipinski definition) is 1. The van der Waals surface area contributed by atoms with Crippen molar-refractivity contribution in [3.63, 3.8) is 0 Å². The van der Waals surface area contributed by atoms with Crippen LogP contribution in [-0.2, 0) is 16.0 Å². The van der Waals surface area contributed by atoms with Gasteiger partial charge in [0.2, 0.25) is 5.89 Å². The number of nitrogens with two attached hydrogens (primary N) is 1. The maximum atomic E-state index is 5.42. The standard InChI is InChI=1S/C8H12N2O3/c9-3-8-10-4-6(13-8)7-5-11-1-2-12-7/h4,7H,1-3,5,9H2. The normalized spacial score (nSPS) is 23.3. The maximum Gasteiger partial charge on any atom is 0.208 e. The predicted octanol–water partition coefficient (Wildman–Crippen LogP) is 0.221. The molecule has 0 saturated carbocycles. The molecule has 1 aliphatic heterocycles. The van der Waals surface area contributed by atoms with Gasteiger partial charge in [0, 0.05) is 0 Å². The van der Waals surface area contributed by atoms with E-state index in [-0.39, 0.29) is 6.10 Å². The molecule has 1 unspecified atom stereocenters. The molecule has 0 spiro atoms. The second kappa shape index (κ2) is 3.87. The van der Waals surface area contributed by atoms with E-state index in [1.165, 1.54) is 0 Å². The van der Waals surface area contributed by atoms with E-state index in [2.05, 4.69) is 4.98 Å². The number of ether oxygens (including phenoxy) is 2. The fourth-order valence-electron chi connectivity index (χ4n) is 1.22. The van der Waals surface area contributed by atoms with Crippen LogP contribution in [-0.4, -0.2) is 24.8 Å². The molecule has 1 aromatic rings. The largest absolute Gasteiger partial charge is 0.441 e. The smallest absolute Gasteiger partial charge is 0.208 e. The third kappa shape index (κ3) is 1.88. The molecule has 2 heterocycles. The number of hydrogen-bond acceptors (Lipinski definition) is 5. The van der Waals surface area contributed by atoms with Gasteiger partial charge in [-0.05, 0) is 0 Å². The summed E-state index contributed by atoms with van der Waals surface area (Å²) >= 11 is 0. The summed E-state index contributed by atoms with van der Waals surface area (Å²) in [6, 6.07) is 0. The second-order valence-electron chi connectivity index (χ2n) is 2.79. The third-order valence-electron chi connectivity index (χ3n) is 1.88. The Bertz CT molecular complexity index is 268. The van der Waals surface area contributed by atoms with Crippen LogP contribution >= 0.6 is 0 Å². The Balaban J connectivity index is 2.05. The van der Waals surface area contributed by atoms with E-state index < -0.39 is 0 Å². The van der Waals surface area contributed by atoms with Crippen molar-refractivity contribution in [1.82, 2.24) is 4.98 Å². The summed E-state index contributed by atoms with van der Waals surface area (Å²) < 4.78 is 16.0. The van der Waals surface area contributed by atoms with E-state index in [4.69, 9.17) is 19.6 Å². The topological polar surface area (TPSA) is 70.5 Å². The van der Waals surface area contributed by atoms with Gasteiger partial charge in [0.15, 0.2) is 5.76 Å². The SMILES string of the molecule is NCc1ncc(C2COCCO2)o1. The highest BCUT2D eigenvalue weighted by molar-refractivity contribution is 4.99. The predicted molar refractivity (Wildman–Crippen MR) is 43.9 cm³/mol. The quantitative estimate of drug-likeness (QED) is 0.712. The Labute approximate surface area is 75.8 Å². The van der Waals surface area contributed by atoms with Crippen molar-refractivity contribution in [2.75, 3.05) is 19.8 Å². The number of rotatable bonds is 2. The average Bonchev–Trinajstić information content (AvgIpc) is 2.67. The summed E-state index contributed by atoms with van der Waals surface area (Å²) in [6.07, 6.45) is 1.52. The first-order valence-electron chi connectivity index (χ1n) is 4.24. The van der Waals surface area contributed by atoms with Gasteiger partial charge in [-0.3, -0.25) is 0 Å². The molecule has 5 heteroatoms. The molecule has 1 aliphatic rings. The molecule has 0 aromatic carbocycles. The van der Waals surface area contributed by atoms with Gasteiger partial charge >= 0.3 is 0 Å². The summed E-state index contributed by atoms with van der Waals surface area (Å²) in [7, 11) is 0. The molecule has 1 saturated heterocycles. The van der Waals surface area contributed by atoms with Crippen LogP contribution in [0.3, 0.4) is 0 Å². The Hall–Kier alpha value is -0.910.